The molecule has 4 heterocycles. The van der Waals surface area contributed by atoms with Gasteiger partial charge in [0, 0.05) is 35.3 Å². The molecular weight excluding hydrogens is 400 g/mol. The molecule has 0 saturated carbocycles. The first-order valence-corrected chi connectivity index (χ1v) is 11.1. The molecule has 0 bridgehead atoms. The van der Waals surface area contributed by atoms with E-state index in [4.69, 9.17) is 4.42 Å². The zero-order chi connectivity index (χ0) is 21.5. The van der Waals surface area contributed by atoms with Crippen LogP contribution in [0.2, 0.25) is 0 Å². The Morgan fingerprint density at radius 2 is 1.75 bits per heavy atom. The van der Waals surface area contributed by atoms with Crippen molar-refractivity contribution in [2.75, 3.05) is 19.6 Å². The number of pyridine rings is 1. The average Bonchev–Trinajstić information content (AvgIpc) is 3.57. The molecule has 1 aliphatic rings. The standard InChI is InChI=1S/C26H24N4O2/c31-26-17-20(19-3-6-25-21(15-19)8-14-32-25)7-11-29(26)23-4-5-24-22(16-23)18-27-30(24)13-12-28-9-1-2-10-28/h3-8,11,14-18H,1-2,9-10,12-13H2. The Hall–Kier alpha value is -3.64. The Balaban J connectivity index is 1.28. The molecular formula is C26H24N4O2. The fourth-order valence-corrected chi connectivity index (χ4v) is 4.66. The summed E-state index contributed by atoms with van der Waals surface area (Å²) in [4.78, 5) is 15.4. The minimum absolute atomic E-state index is 0.0597. The molecule has 0 spiro atoms. The number of fused-ring (bicyclic) bond motifs is 2. The molecule has 160 valence electrons. The summed E-state index contributed by atoms with van der Waals surface area (Å²) in [5, 5.41) is 6.66. The zero-order valence-electron chi connectivity index (χ0n) is 17.8. The van der Waals surface area contributed by atoms with E-state index in [-0.39, 0.29) is 5.56 Å². The highest BCUT2D eigenvalue weighted by molar-refractivity contribution is 5.83. The van der Waals surface area contributed by atoms with Crippen LogP contribution in [0.5, 0.6) is 0 Å². The maximum Gasteiger partial charge on any atom is 0.255 e. The lowest BCUT2D eigenvalue weighted by Crippen LogP contribution is -2.24. The molecule has 2 aromatic carbocycles. The van der Waals surface area contributed by atoms with Crippen LogP contribution in [0.25, 0.3) is 38.7 Å². The van der Waals surface area contributed by atoms with Crippen molar-refractivity contribution in [2.24, 2.45) is 0 Å². The van der Waals surface area contributed by atoms with Crippen molar-refractivity contribution in [2.45, 2.75) is 19.4 Å². The van der Waals surface area contributed by atoms with Gasteiger partial charge in [-0.05, 0) is 79.5 Å². The van der Waals surface area contributed by atoms with Gasteiger partial charge in [0.25, 0.3) is 5.56 Å². The largest absolute Gasteiger partial charge is 0.464 e. The predicted octanol–water partition coefficient (Wildman–Crippen LogP) is 4.70. The summed E-state index contributed by atoms with van der Waals surface area (Å²) in [5.41, 5.74) is 4.62. The van der Waals surface area contributed by atoms with Gasteiger partial charge in [-0.2, -0.15) is 5.10 Å². The lowest BCUT2D eigenvalue weighted by Gasteiger charge is -2.14. The van der Waals surface area contributed by atoms with Gasteiger partial charge in [0.1, 0.15) is 5.58 Å². The second kappa shape index (κ2) is 7.80. The summed E-state index contributed by atoms with van der Waals surface area (Å²) in [7, 11) is 0. The Labute approximate surface area is 185 Å². The lowest BCUT2D eigenvalue weighted by molar-refractivity contribution is 0.318. The highest BCUT2D eigenvalue weighted by Crippen LogP contribution is 2.25. The Kier molecular flexibility index (Phi) is 4.65. The van der Waals surface area contributed by atoms with Crippen molar-refractivity contribution >= 4 is 21.9 Å². The van der Waals surface area contributed by atoms with Crippen molar-refractivity contribution in [3.8, 4) is 16.8 Å². The maximum absolute atomic E-state index is 12.9. The normalized spacial score (nSPS) is 14.6. The number of likely N-dealkylation sites (tertiary alicyclic amines) is 1. The van der Waals surface area contributed by atoms with Gasteiger partial charge in [-0.3, -0.25) is 14.0 Å². The number of rotatable bonds is 5. The van der Waals surface area contributed by atoms with Crippen LogP contribution in [-0.4, -0.2) is 38.9 Å². The zero-order valence-corrected chi connectivity index (χ0v) is 17.8. The second-order valence-corrected chi connectivity index (χ2v) is 8.46. The molecule has 1 fully saturated rings. The summed E-state index contributed by atoms with van der Waals surface area (Å²) < 4.78 is 9.16. The summed E-state index contributed by atoms with van der Waals surface area (Å²) >= 11 is 0. The monoisotopic (exact) mass is 424 g/mol. The van der Waals surface area contributed by atoms with Gasteiger partial charge in [0.05, 0.1) is 24.5 Å². The van der Waals surface area contributed by atoms with Crippen LogP contribution in [0.15, 0.2) is 82.5 Å². The van der Waals surface area contributed by atoms with E-state index in [2.05, 4.69) is 20.7 Å². The highest BCUT2D eigenvalue weighted by Gasteiger charge is 2.12. The van der Waals surface area contributed by atoms with E-state index in [1.807, 2.05) is 54.9 Å². The van der Waals surface area contributed by atoms with Crippen LogP contribution in [-0.2, 0) is 6.54 Å². The molecule has 5 aromatic rings. The van der Waals surface area contributed by atoms with Gasteiger partial charge >= 0.3 is 0 Å². The van der Waals surface area contributed by atoms with Gasteiger partial charge in [-0.1, -0.05) is 6.07 Å². The van der Waals surface area contributed by atoms with E-state index in [0.717, 1.165) is 51.8 Å². The van der Waals surface area contributed by atoms with E-state index in [0.29, 0.717) is 0 Å². The van der Waals surface area contributed by atoms with Gasteiger partial charge in [-0.25, -0.2) is 0 Å². The van der Waals surface area contributed by atoms with Crippen molar-refractivity contribution in [3.05, 3.63) is 83.6 Å². The van der Waals surface area contributed by atoms with E-state index >= 15 is 0 Å². The molecule has 0 N–H and O–H groups in total. The SMILES string of the molecule is O=c1cc(-c2ccc3occc3c2)ccn1-c1ccc2c(cnn2CCN2CCCC2)c1. The highest BCUT2D eigenvalue weighted by atomic mass is 16.3. The van der Waals surface area contributed by atoms with E-state index in [9.17, 15) is 4.79 Å². The third-order valence-electron chi connectivity index (χ3n) is 6.44. The van der Waals surface area contributed by atoms with Crippen LogP contribution >= 0.6 is 0 Å². The first-order chi connectivity index (χ1) is 15.7. The first kappa shape index (κ1) is 19.1. The van der Waals surface area contributed by atoms with Crippen LogP contribution < -0.4 is 5.56 Å². The molecule has 6 nitrogen and oxygen atoms in total. The topological polar surface area (TPSA) is 56.2 Å². The molecule has 1 saturated heterocycles. The minimum Gasteiger partial charge on any atom is -0.464 e. The molecule has 0 aliphatic carbocycles. The molecule has 6 heteroatoms. The third-order valence-corrected chi connectivity index (χ3v) is 6.44. The van der Waals surface area contributed by atoms with Crippen LogP contribution in [0.1, 0.15) is 12.8 Å². The number of nitrogens with zero attached hydrogens (tertiary/aromatic N) is 4. The quantitative estimate of drug-likeness (QED) is 0.411. The molecule has 3 aromatic heterocycles. The Bertz CT molecular complexity index is 1470. The number of aromatic nitrogens is 3. The van der Waals surface area contributed by atoms with E-state index < -0.39 is 0 Å². The van der Waals surface area contributed by atoms with Crippen LogP contribution in [0.4, 0.5) is 0 Å². The molecule has 0 radical (unpaired) electrons. The van der Waals surface area contributed by atoms with Gasteiger partial charge < -0.3 is 9.32 Å². The summed E-state index contributed by atoms with van der Waals surface area (Å²) in [6, 6.07) is 17.6. The van der Waals surface area contributed by atoms with Crippen molar-refractivity contribution in [1.82, 2.24) is 19.2 Å². The number of hydrogen-bond acceptors (Lipinski definition) is 4. The van der Waals surface area contributed by atoms with Crippen LogP contribution in [0, 0.1) is 0 Å². The van der Waals surface area contributed by atoms with E-state index in [1.54, 1.807) is 16.9 Å². The minimum atomic E-state index is -0.0597. The fraction of sp³-hybridized carbons (Fsp3) is 0.231. The molecule has 1 aliphatic heterocycles. The number of benzene rings is 2. The van der Waals surface area contributed by atoms with Gasteiger partial charge in [-0.15, -0.1) is 0 Å². The number of hydrogen-bond donors (Lipinski definition) is 0. The van der Waals surface area contributed by atoms with E-state index in [1.165, 1.54) is 25.9 Å². The van der Waals surface area contributed by atoms with Crippen LogP contribution in [0.3, 0.4) is 0 Å². The Morgan fingerprint density at radius 1 is 0.875 bits per heavy atom. The summed E-state index contributed by atoms with van der Waals surface area (Å²) in [5.74, 6) is 0. The second-order valence-electron chi connectivity index (χ2n) is 8.46. The molecule has 0 unspecified atom stereocenters. The summed E-state index contributed by atoms with van der Waals surface area (Å²) in [6.07, 6.45) is 8.01. The van der Waals surface area contributed by atoms with Gasteiger partial charge in [0.15, 0.2) is 0 Å². The average molecular weight is 425 g/mol. The molecule has 0 amide bonds. The fourth-order valence-electron chi connectivity index (χ4n) is 4.66. The first-order valence-electron chi connectivity index (χ1n) is 11.1. The molecule has 6 rings (SSSR count). The smallest absolute Gasteiger partial charge is 0.255 e. The third kappa shape index (κ3) is 3.42. The van der Waals surface area contributed by atoms with Crippen molar-refractivity contribution < 1.29 is 4.42 Å². The molecule has 32 heavy (non-hydrogen) atoms. The maximum atomic E-state index is 12.9. The Morgan fingerprint density at radius 3 is 2.62 bits per heavy atom. The predicted molar refractivity (Wildman–Crippen MR) is 126 cm³/mol. The van der Waals surface area contributed by atoms with Gasteiger partial charge in [0.2, 0.25) is 0 Å². The molecule has 0 atom stereocenters. The van der Waals surface area contributed by atoms with Crippen molar-refractivity contribution in [3.63, 3.8) is 0 Å². The summed E-state index contributed by atoms with van der Waals surface area (Å²) in [6.45, 7) is 4.30. The lowest BCUT2D eigenvalue weighted by atomic mass is 10.1. The number of furan rings is 1. The van der Waals surface area contributed by atoms with Crippen molar-refractivity contribution in [1.29, 1.82) is 0 Å².